The second-order valence-corrected chi connectivity index (χ2v) is 7.46. The van der Waals surface area contributed by atoms with Gasteiger partial charge in [-0.15, -0.1) is 0 Å². The summed E-state index contributed by atoms with van der Waals surface area (Å²) in [6.45, 7) is 6.77. The minimum absolute atomic E-state index is 0.239. The van der Waals surface area contributed by atoms with Crippen LogP contribution in [-0.2, 0) is 4.79 Å². The highest BCUT2D eigenvalue weighted by Crippen LogP contribution is 2.32. The lowest BCUT2D eigenvalue weighted by molar-refractivity contribution is -0.124. The van der Waals surface area contributed by atoms with E-state index in [1.165, 1.54) is 18.6 Å². The molecule has 1 aliphatic heterocycles. The van der Waals surface area contributed by atoms with Crippen molar-refractivity contribution >= 4 is 17.5 Å². The summed E-state index contributed by atoms with van der Waals surface area (Å²) in [6.07, 6.45) is 5.50. The molecule has 92 valence electrons. The number of rotatable bonds is 1. The minimum atomic E-state index is 0.239. The van der Waals surface area contributed by atoms with Crippen molar-refractivity contribution in [1.82, 2.24) is 4.90 Å². The van der Waals surface area contributed by atoms with Crippen molar-refractivity contribution in [3.8, 4) is 0 Å². The number of carbonyl (C=O) groups is 1. The molecule has 1 saturated heterocycles. The molecule has 2 rings (SSSR count). The van der Waals surface area contributed by atoms with Gasteiger partial charge in [-0.2, -0.15) is 11.8 Å². The van der Waals surface area contributed by atoms with Crippen LogP contribution in [0.5, 0.6) is 0 Å². The average Bonchev–Trinajstić information content (AvgIpc) is 2.41. The van der Waals surface area contributed by atoms with Gasteiger partial charge in [-0.25, -0.2) is 0 Å². The van der Waals surface area contributed by atoms with Gasteiger partial charge in [0.05, 0.1) is 6.04 Å². The fourth-order valence-electron chi connectivity index (χ4n) is 2.85. The number of Topliss-reactive ketones (excluding diaryl/α,β-unsaturated/α-hetero) is 1. The first-order chi connectivity index (χ1) is 7.58. The third-order valence-corrected chi connectivity index (χ3v) is 4.97. The van der Waals surface area contributed by atoms with Gasteiger partial charge in [0.2, 0.25) is 0 Å². The van der Waals surface area contributed by atoms with Crippen LogP contribution in [0.2, 0.25) is 0 Å². The van der Waals surface area contributed by atoms with E-state index < -0.39 is 0 Å². The topological polar surface area (TPSA) is 20.3 Å². The number of nitrogens with zero attached hydrogens (tertiary/aromatic N) is 1. The van der Waals surface area contributed by atoms with Gasteiger partial charge in [0, 0.05) is 30.0 Å². The van der Waals surface area contributed by atoms with Crippen LogP contribution >= 0.6 is 11.8 Å². The molecule has 0 radical (unpaired) electrons. The molecule has 0 N–H and O–H groups in total. The van der Waals surface area contributed by atoms with Crippen LogP contribution in [0.1, 0.15) is 46.0 Å². The summed E-state index contributed by atoms with van der Waals surface area (Å²) < 4.78 is 0.324. The summed E-state index contributed by atoms with van der Waals surface area (Å²) in [7, 11) is 0. The van der Waals surface area contributed by atoms with E-state index in [4.69, 9.17) is 0 Å². The molecule has 2 nitrogen and oxygen atoms in total. The largest absolute Gasteiger partial charge is 0.298 e. The summed E-state index contributed by atoms with van der Waals surface area (Å²) in [6, 6.07) is 0.239. The molecule has 16 heavy (non-hydrogen) atoms. The Morgan fingerprint density at radius 2 is 2.12 bits per heavy atom. The van der Waals surface area contributed by atoms with Gasteiger partial charge >= 0.3 is 0 Å². The highest BCUT2D eigenvalue weighted by atomic mass is 32.2. The molecule has 1 unspecified atom stereocenters. The predicted molar refractivity (Wildman–Crippen MR) is 70.0 cm³/mol. The molecule has 0 amide bonds. The number of hydrogen-bond acceptors (Lipinski definition) is 3. The maximum atomic E-state index is 12.1. The summed E-state index contributed by atoms with van der Waals surface area (Å²) in [5.41, 5.74) is 0. The van der Waals surface area contributed by atoms with E-state index in [2.05, 4.69) is 18.7 Å². The van der Waals surface area contributed by atoms with Crippen molar-refractivity contribution in [2.45, 2.75) is 56.7 Å². The molecule has 1 saturated carbocycles. The van der Waals surface area contributed by atoms with Crippen molar-refractivity contribution in [2.75, 3.05) is 18.8 Å². The zero-order chi connectivity index (χ0) is 11.6. The average molecular weight is 241 g/mol. The van der Waals surface area contributed by atoms with Crippen LogP contribution in [0.3, 0.4) is 0 Å². The molecule has 2 fully saturated rings. The van der Waals surface area contributed by atoms with Crippen LogP contribution in [0.15, 0.2) is 0 Å². The maximum absolute atomic E-state index is 12.1. The summed E-state index contributed by atoms with van der Waals surface area (Å²) in [5, 5.41) is 0. The Balaban J connectivity index is 2.01. The molecule has 0 spiro atoms. The Hall–Kier alpha value is -0.0200. The number of ketones is 1. The highest BCUT2D eigenvalue weighted by molar-refractivity contribution is 8.00. The Bertz CT molecular complexity index is 265. The molecular weight excluding hydrogens is 218 g/mol. The lowest BCUT2D eigenvalue weighted by atomic mass is 10.0. The van der Waals surface area contributed by atoms with Crippen LogP contribution in [-0.4, -0.2) is 40.3 Å². The normalized spacial score (nSPS) is 32.4. The molecule has 0 bridgehead atoms. The zero-order valence-corrected chi connectivity index (χ0v) is 11.3. The highest BCUT2D eigenvalue weighted by Gasteiger charge is 2.34. The molecule has 0 aromatic rings. The quantitative estimate of drug-likeness (QED) is 0.658. The van der Waals surface area contributed by atoms with Gasteiger partial charge in [0.1, 0.15) is 5.78 Å². The standard InChI is InChI=1S/C13H23NOS/c1-13(2)10-14(8-9-16-13)11-6-4-3-5-7-12(11)15/h11H,3-10H2,1-2H3. The van der Waals surface area contributed by atoms with Gasteiger partial charge in [-0.3, -0.25) is 9.69 Å². The fraction of sp³-hybridized carbons (Fsp3) is 0.923. The van der Waals surface area contributed by atoms with Gasteiger partial charge in [-0.05, 0) is 26.7 Å². The van der Waals surface area contributed by atoms with Crippen LogP contribution in [0.4, 0.5) is 0 Å². The van der Waals surface area contributed by atoms with E-state index in [-0.39, 0.29) is 6.04 Å². The first-order valence-corrected chi connectivity index (χ1v) is 7.48. The SMILES string of the molecule is CC1(C)CN(C2CCCCCC2=O)CCS1. The van der Waals surface area contributed by atoms with E-state index in [1.807, 2.05) is 11.8 Å². The van der Waals surface area contributed by atoms with Crippen LogP contribution in [0.25, 0.3) is 0 Å². The van der Waals surface area contributed by atoms with E-state index in [0.29, 0.717) is 10.5 Å². The van der Waals surface area contributed by atoms with Crippen molar-refractivity contribution in [2.24, 2.45) is 0 Å². The molecule has 3 heteroatoms. The molecule has 1 aliphatic carbocycles. The molecular formula is C13H23NOS. The van der Waals surface area contributed by atoms with Crippen molar-refractivity contribution in [3.63, 3.8) is 0 Å². The van der Waals surface area contributed by atoms with Gasteiger partial charge in [0.25, 0.3) is 0 Å². The monoisotopic (exact) mass is 241 g/mol. The maximum Gasteiger partial charge on any atom is 0.149 e. The van der Waals surface area contributed by atoms with Gasteiger partial charge < -0.3 is 0 Å². The Kier molecular flexibility index (Phi) is 3.96. The molecule has 0 aromatic heterocycles. The summed E-state index contributed by atoms with van der Waals surface area (Å²) >= 11 is 2.04. The molecule has 0 aromatic carbocycles. The zero-order valence-electron chi connectivity index (χ0n) is 10.5. The number of hydrogen-bond donors (Lipinski definition) is 0. The smallest absolute Gasteiger partial charge is 0.149 e. The van der Waals surface area contributed by atoms with E-state index in [1.54, 1.807) is 0 Å². The lowest BCUT2D eigenvalue weighted by Crippen LogP contribution is -2.50. The van der Waals surface area contributed by atoms with E-state index >= 15 is 0 Å². The van der Waals surface area contributed by atoms with E-state index in [9.17, 15) is 4.79 Å². The molecule has 2 aliphatic rings. The molecule has 1 heterocycles. The third-order valence-electron chi connectivity index (χ3n) is 3.67. The second kappa shape index (κ2) is 5.09. The van der Waals surface area contributed by atoms with Crippen molar-refractivity contribution in [1.29, 1.82) is 0 Å². The lowest BCUT2D eigenvalue weighted by Gasteiger charge is -2.41. The molecule has 1 atom stereocenters. The van der Waals surface area contributed by atoms with Crippen LogP contribution in [0, 0.1) is 0 Å². The second-order valence-electron chi connectivity index (χ2n) is 5.66. The Labute approximate surface area is 103 Å². The first kappa shape index (κ1) is 12.4. The predicted octanol–water partition coefficient (Wildman–Crippen LogP) is 2.72. The van der Waals surface area contributed by atoms with Crippen molar-refractivity contribution < 1.29 is 4.79 Å². The van der Waals surface area contributed by atoms with Crippen LogP contribution < -0.4 is 0 Å². The van der Waals surface area contributed by atoms with Gasteiger partial charge in [-0.1, -0.05) is 12.8 Å². The number of carbonyl (C=O) groups excluding carboxylic acids is 1. The Morgan fingerprint density at radius 1 is 1.31 bits per heavy atom. The first-order valence-electron chi connectivity index (χ1n) is 6.49. The summed E-state index contributed by atoms with van der Waals surface area (Å²) in [5.74, 6) is 1.68. The van der Waals surface area contributed by atoms with Gasteiger partial charge in [0.15, 0.2) is 0 Å². The third kappa shape index (κ3) is 3.01. The summed E-state index contributed by atoms with van der Waals surface area (Å²) in [4.78, 5) is 14.5. The van der Waals surface area contributed by atoms with E-state index in [0.717, 1.165) is 32.4 Å². The van der Waals surface area contributed by atoms with Crippen molar-refractivity contribution in [3.05, 3.63) is 0 Å². The Morgan fingerprint density at radius 3 is 2.88 bits per heavy atom. The minimum Gasteiger partial charge on any atom is -0.298 e. The number of thioether (sulfide) groups is 1. The fourth-order valence-corrected chi connectivity index (χ4v) is 3.98.